The standard InChI is InChI=1S/C17H13F2O/c1-17(2)16(19)15(11-7-9-12(18)10-8-11)13-5-3-4-6-14(13)20-17/h3,5-10H,1-2H3. The van der Waals surface area contributed by atoms with Crippen molar-refractivity contribution in [2.75, 3.05) is 0 Å². The minimum Gasteiger partial charge on any atom is -0.480 e. The molecule has 1 heterocycles. The molecule has 1 nitrogen and oxygen atoms in total. The van der Waals surface area contributed by atoms with E-state index in [0.717, 1.165) is 0 Å². The van der Waals surface area contributed by atoms with E-state index in [9.17, 15) is 8.78 Å². The highest BCUT2D eigenvalue weighted by Gasteiger charge is 2.36. The highest BCUT2D eigenvalue weighted by atomic mass is 19.1. The van der Waals surface area contributed by atoms with Crippen molar-refractivity contribution in [1.29, 1.82) is 0 Å². The van der Waals surface area contributed by atoms with Gasteiger partial charge in [-0.3, -0.25) is 0 Å². The molecular formula is C17H13F2O. The van der Waals surface area contributed by atoms with Gasteiger partial charge < -0.3 is 4.74 Å². The number of hydrogen-bond acceptors (Lipinski definition) is 1. The average Bonchev–Trinajstić information content (AvgIpc) is 2.41. The smallest absolute Gasteiger partial charge is 0.155 e. The summed E-state index contributed by atoms with van der Waals surface area (Å²) in [5, 5.41) is 0. The third-order valence-corrected chi connectivity index (χ3v) is 3.34. The predicted molar refractivity (Wildman–Crippen MR) is 73.5 cm³/mol. The first kappa shape index (κ1) is 12.9. The fraction of sp³-hybridized carbons (Fsp3) is 0.176. The first-order valence-corrected chi connectivity index (χ1v) is 6.35. The molecule has 2 aromatic rings. The van der Waals surface area contributed by atoms with Crippen molar-refractivity contribution < 1.29 is 13.5 Å². The van der Waals surface area contributed by atoms with Gasteiger partial charge >= 0.3 is 0 Å². The van der Waals surface area contributed by atoms with Gasteiger partial charge in [0.1, 0.15) is 11.6 Å². The topological polar surface area (TPSA) is 9.23 Å². The first-order chi connectivity index (χ1) is 9.49. The van der Waals surface area contributed by atoms with Gasteiger partial charge in [0.05, 0.1) is 0 Å². The van der Waals surface area contributed by atoms with Crippen molar-refractivity contribution in [3.63, 3.8) is 0 Å². The van der Waals surface area contributed by atoms with Crippen molar-refractivity contribution in [2.24, 2.45) is 0 Å². The monoisotopic (exact) mass is 271 g/mol. The number of ether oxygens (including phenoxy) is 1. The Bertz CT molecular complexity index is 684. The van der Waals surface area contributed by atoms with Gasteiger partial charge in [-0.05, 0) is 49.7 Å². The second-order valence-electron chi connectivity index (χ2n) is 5.23. The van der Waals surface area contributed by atoms with E-state index in [1.165, 1.54) is 12.1 Å². The van der Waals surface area contributed by atoms with E-state index in [2.05, 4.69) is 6.07 Å². The average molecular weight is 271 g/mol. The van der Waals surface area contributed by atoms with Crippen LogP contribution in [-0.2, 0) is 0 Å². The van der Waals surface area contributed by atoms with Crippen molar-refractivity contribution >= 4 is 5.57 Å². The number of halogens is 2. The molecule has 0 spiro atoms. The van der Waals surface area contributed by atoms with Crippen LogP contribution in [0.15, 0.2) is 48.3 Å². The molecule has 1 aliphatic rings. The second-order valence-corrected chi connectivity index (χ2v) is 5.23. The van der Waals surface area contributed by atoms with Crippen LogP contribution in [0.1, 0.15) is 25.0 Å². The molecule has 20 heavy (non-hydrogen) atoms. The van der Waals surface area contributed by atoms with E-state index in [1.807, 2.05) is 0 Å². The maximum atomic E-state index is 14.7. The van der Waals surface area contributed by atoms with E-state index in [0.29, 0.717) is 22.4 Å². The summed E-state index contributed by atoms with van der Waals surface area (Å²) in [7, 11) is 0. The molecule has 3 heteroatoms. The third kappa shape index (κ3) is 1.99. The molecule has 0 saturated heterocycles. The highest BCUT2D eigenvalue weighted by molar-refractivity contribution is 5.86. The summed E-state index contributed by atoms with van der Waals surface area (Å²) in [6.07, 6.45) is 0. The maximum Gasteiger partial charge on any atom is 0.155 e. The van der Waals surface area contributed by atoms with Crippen LogP contribution in [0.2, 0.25) is 0 Å². The van der Waals surface area contributed by atoms with Gasteiger partial charge in [0, 0.05) is 11.1 Å². The third-order valence-electron chi connectivity index (χ3n) is 3.34. The van der Waals surface area contributed by atoms with Gasteiger partial charge in [-0.15, -0.1) is 0 Å². The lowest BCUT2D eigenvalue weighted by atomic mass is 9.89. The fourth-order valence-electron chi connectivity index (χ4n) is 2.34. The van der Waals surface area contributed by atoms with Crippen LogP contribution in [0.3, 0.4) is 0 Å². The molecule has 0 saturated carbocycles. The Morgan fingerprint density at radius 1 is 1.05 bits per heavy atom. The van der Waals surface area contributed by atoms with Crippen LogP contribution in [0, 0.1) is 11.9 Å². The highest BCUT2D eigenvalue weighted by Crippen LogP contribution is 2.44. The van der Waals surface area contributed by atoms with E-state index in [-0.39, 0.29) is 11.6 Å². The second kappa shape index (κ2) is 4.44. The van der Waals surface area contributed by atoms with E-state index in [1.54, 1.807) is 44.2 Å². The molecule has 3 rings (SSSR count). The summed E-state index contributed by atoms with van der Waals surface area (Å²) in [5.41, 5.74) is 0.691. The summed E-state index contributed by atoms with van der Waals surface area (Å²) in [6, 6.07) is 13.9. The van der Waals surface area contributed by atoms with Crippen LogP contribution in [0.5, 0.6) is 5.75 Å². The van der Waals surface area contributed by atoms with Gasteiger partial charge in [0.15, 0.2) is 11.4 Å². The molecule has 0 atom stereocenters. The van der Waals surface area contributed by atoms with E-state index < -0.39 is 5.60 Å². The molecule has 0 aliphatic carbocycles. The minimum atomic E-state index is -1.05. The SMILES string of the molecule is CC1(C)Oc2c[c]ccc2C(c2ccc(F)cc2)=C1F. The van der Waals surface area contributed by atoms with Crippen LogP contribution in [0.4, 0.5) is 8.78 Å². The molecule has 1 radical (unpaired) electrons. The van der Waals surface area contributed by atoms with E-state index in [4.69, 9.17) is 4.74 Å². The normalized spacial score (nSPS) is 16.6. The Morgan fingerprint density at radius 2 is 1.75 bits per heavy atom. The summed E-state index contributed by atoms with van der Waals surface area (Å²) in [4.78, 5) is 0. The van der Waals surface area contributed by atoms with Crippen LogP contribution < -0.4 is 4.74 Å². The van der Waals surface area contributed by atoms with Gasteiger partial charge in [-0.1, -0.05) is 18.2 Å². The summed E-state index contributed by atoms with van der Waals surface area (Å²) in [6.45, 7) is 3.34. The molecule has 2 aromatic carbocycles. The molecule has 101 valence electrons. The number of benzene rings is 2. The van der Waals surface area contributed by atoms with Crippen molar-refractivity contribution in [1.82, 2.24) is 0 Å². The Balaban J connectivity index is 2.26. The predicted octanol–water partition coefficient (Wildman–Crippen LogP) is 4.53. The molecule has 0 N–H and O–H groups in total. The molecular weight excluding hydrogens is 258 g/mol. The molecule has 0 bridgehead atoms. The molecule has 1 aliphatic heterocycles. The Labute approximate surface area is 116 Å². The lowest BCUT2D eigenvalue weighted by molar-refractivity contribution is 0.117. The van der Waals surface area contributed by atoms with Crippen LogP contribution in [-0.4, -0.2) is 5.60 Å². The largest absolute Gasteiger partial charge is 0.480 e. The number of rotatable bonds is 1. The van der Waals surface area contributed by atoms with Crippen molar-refractivity contribution in [3.05, 3.63) is 71.3 Å². The van der Waals surface area contributed by atoms with Crippen molar-refractivity contribution in [3.8, 4) is 5.75 Å². The van der Waals surface area contributed by atoms with Gasteiger partial charge in [0.2, 0.25) is 0 Å². The first-order valence-electron chi connectivity index (χ1n) is 6.35. The summed E-state index contributed by atoms with van der Waals surface area (Å²) < 4.78 is 33.5. The van der Waals surface area contributed by atoms with Crippen LogP contribution in [0.25, 0.3) is 5.57 Å². The maximum absolute atomic E-state index is 14.7. The van der Waals surface area contributed by atoms with E-state index >= 15 is 0 Å². The van der Waals surface area contributed by atoms with Gasteiger partial charge in [0.25, 0.3) is 0 Å². The summed E-state index contributed by atoms with van der Waals surface area (Å²) in [5.74, 6) is -0.122. The lowest BCUT2D eigenvalue weighted by Crippen LogP contribution is -2.33. The molecule has 0 amide bonds. The Kier molecular flexibility index (Phi) is 2.85. The molecule has 0 fully saturated rings. The quantitative estimate of drug-likeness (QED) is 0.740. The van der Waals surface area contributed by atoms with Crippen molar-refractivity contribution in [2.45, 2.75) is 19.4 Å². The number of hydrogen-bond donors (Lipinski definition) is 0. The fourth-order valence-corrected chi connectivity index (χ4v) is 2.34. The Morgan fingerprint density at radius 3 is 2.45 bits per heavy atom. The Hall–Kier alpha value is -2.16. The minimum absolute atomic E-state index is 0.345. The summed E-state index contributed by atoms with van der Waals surface area (Å²) >= 11 is 0. The molecule has 0 aromatic heterocycles. The lowest BCUT2D eigenvalue weighted by Gasteiger charge is -2.33. The van der Waals surface area contributed by atoms with Crippen LogP contribution >= 0.6 is 0 Å². The molecule has 0 unspecified atom stereocenters. The number of fused-ring (bicyclic) bond motifs is 1. The van der Waals surface area contributed by atoms with Gasteiger partial charge in [-0.25, -0.2) is 8.78 Å². The zero-order valence-electron chi connectivity index (χ0n) is 11.2. The zero-order chi connectivity index (χ0) is 14.3. The zero-order valence-corrected chi connectivity index (χ0v) is 11.2. The van der Waals surface area contributed by atoms with Gasteiger partial charge in [-0.2, -0.15) is 0 Å².